The smallest absolute Gasteiger partial charge is 0.310 e. The van der Waals surface area contributed by atoms with Gasteiger partial charge in [0.25, 0.3) is 5.91 Å². The minimum absolute atomic E-state index is 0.0333. The summed E-state index contributed by atoms with van der Waals surface area (Å²) in [6.07, 6.45) is 5.57. The maximum absolute atomic E-state index is 13.0. The van der Waals surface area contributed by atoms with Gasteiger partial charge in [0, 0.05) is 32.3 Å². The number of rotatable bonds is 9. The Kier molecular flexibility index (Phi) is 8.03. The van der Waals surface area contributed by atoms with Crippen LogP contribution in [0.5, 0.6) is 17.2 Å². The Hall–Kier alpha value is -3.16. The maximum atomic E-state index is 13.0. The van der Waals surface area contributed by atoms with Crippen LogP contribution in [0.25, 0.3) is 0 Å². The zero-order chi connectivity index (χ0) is 23.1. The lowest BCUT2D eigenvalue weighted by atomic mass is 9.99. The number of benzene rings is 1. The summed E-state index contributed by atoms with van der Waals surface area (Å²) in [7, 11) is 6.47. The van der Waals surface area contributed by atoms with Crippen LogP contribution in [0.1, 0.15) is 41.7 Å². The van der Waals surface area contributed by atoms with Gasteiger partial charge in [-0.25, -0.2) is 0 Å². The van der Waals surface area contributed by atoms with Gasteiger partial charge in [-0.05, 0) is 49.1 Å². The average molecular weight is 445 g/mol. The fourth-order valence-electron chi connectivity index (χ4n) is 4.16. The second kappa shape index (κ2) is 10.9. The van der Waals surface area contributed by atoms with Crippen molar-refractivity contribution in [3.05, 3.63) is 41.7 Å². The molecule has 1 aliphatic heterocycles. The Morgan fingerprint density at radius 2 is 1.78 bits per heavy atom. The Labute approximate surface area is 189 Å². The van der Waals surface area contributed by atoms with Crippen LogP contribution in [0.3, 0.4) is 0 Å². The first-order chi connectivity index (χ1) is 15.5. The van der Waals surface area contributed by atoms with Gasteiger partial charge in [-0.1, -0.05) is 0 Å². The van der Waals surface area contributed by atoms with Crippen molar-refractivity contribution in [3.63, 3.8) is 0 Å². The Morgan fingerprint density at radius 3 is 2.38 bits per heavy atom. The van der Waals surface area contributed by atoms with Gasteiger partial charge in [0.15, 0.2) is 11.5 Å². The molecule has 8 nitrogen and oxygen atoms in total. The van der Waals surface area contributed by atoms with E-state index in [1.165, 1.54) is 21.3 Å². The molecule has 0 saturated carbocycles. The molecule has 1 saturated heterocycles. The van der Waals surface area contributed by atoms with E-state index in [1.807, 2.05) is 34.8 Å². The largest absolute Gasteiger partial charge is 0.493 e. The molecule has 0 radical (unpaired) electrons. The van der Waals surface area contributed by atoms with E-state index in [-0.39, 0.29) is 30.9 Å². The summed E-state index contributed by atoms with van der Waals surface area (Å²) in [5.74, 6) is 1.16. The summed E-state index contributed by atoms with van der Waals surface area (Å²) in [6.45, 7) is 0.999. The van der Waals surface area contributed by atoms with E-state index in [9.17, 15) is 9.59 Å². The topological polar surface area (TPSA) is 79.2 Å². The molecule has 174 valence electrons. The Morgan fingerprint density at radius 1 is 1.06 bits per heavy atom. The van der Waals surface area contributed by atoms with Gasteiger partial charge in [-0.3, -0.25) is 9.59 Å². The standard InChI is InChI=1S/C24H32N2O6/c1-25-11-7-9-19(25)24(28)26-12-6-5-8-18(26)10-13-32-22(27)16-17-14-20(29-2)23(31-4)21(15-17)30-3/h7,9,11,14-15,18H,5-6,8,10,12-13,16H2,1-4H3. The second-order valence-electron chi connectivity index (χ2n) is 7.87. The van der Waals surface area contributed by atoms with Crippen molar-refractivity contribution in [2.24, 2.45) is 7.05 Å². The van der Waals surface area contributed by atoms with Gasteiger partial charge < -0.3 is 28.4 Å². The second-order valence-corrected chi connectivity index (χ2v) is 7.87. The normalized spacial score (nSPS) is 15.9. The fourth-order valence-corrected chi connectivity index (χ4v) is 4.16. The van der Waals surface area contributed by atoms with Crippen molar-refractivity contribution in [2.45, 2.75) is 38.1 Å². The molecule has 3 rings (SSSR count). The fraction of sp³-hybridized carbons (Fsp3) is 0.500. The van der Waals surface area contributed by atoms with Crippen LogP contribution >= 0.6 is 0 Å². The van der Waals surface area contributed by atoms with Crippen LogP contribution in [-0.4, -0.2) is 61.9 Å². The summed E-state index contributed by atoms with van der Waals surface area (Å²) >= 11 is 0. The molecular weight excluding hydrogens is 412 g/mol. The summed E-state index contributed by atoms with van der Waals surface area (Å²) in [5, 5.41) is 0. The molecule has 1 atom stereocenters. The van der Waals surface area contributed by atoms with Crippen molar-refractivity contribution in [1.82, 2.24) is 9.47 Å². The monoisotopic (exact) mass is 444 g/mol. The van der Waals surface area contributed by atoms with Gasteiger partial charge in [-0.15, -0.1) is 0 Å². The molecular formula is C24H32N2O6. The summed E-state index contributed by atoms with van der Waals surface area (Å²) in [4.78, 5) is 27.3. The number of methoxy groups -OCH3 is 3. The van der Waals surface area contributed by atoms with E-state index in [0.29, 0.717) is 34.9 Å². The molecule has 0 bridgehead atoms. The molecule has 1 aromatic carbocycles. The summed E-state index contributed by atoms with van der Waals surface area (Å²) in [5.41, 5.74) is 1.39. The van der Waals surface area contributed by atoms with Crippen LogP contribution in [0.2, 0.25) is 0 Å². The molecule has 2 aromatic rings. The molecule has 1 aliphatic rings. The predicted molar refractivity (Wildman–Crippen MR) is 119 cm³/mol. The molecule has 1 fully saturated rings. The van der Waals surface area contributed by atoms with E-state index >= 15 is 0 Å². The number of aromatic nitrogens is 1. The number of nitrogens with zero attached hydrogens (tertiary/aromatic N) is 2. The highest BCUT2D eigenvalue weighted by Crippen LogP contribution is 2.38. The lowest BCUT2D eigenvalue weighted by Gasteiger charge is -2.35. The SMILES string of the molecule is COc1cc(CC(=O)OCCC2CCCCN2C(=O)c2cccn2C)cc(OC)c1OC. The quantitative estimate of drug-likeness (QED) is 0.553. The van der Waals surface area contributed by atoms with E-state index < -0.39 is 0 Å². The van der Waals surface area contributed by atoms with Crippen LogP contribution in [0.15, 0.2) is 30.5 Å². The molecule has 8 heteroatoms. The first kappa shape index (κ1) is 23.5. The van der Waals surface area contributed by atoms with E-state index in [2.05, 4.69) is 0 Å². The van der Waals surface area contributed by atoms with Crippen molar-refractivity contribution in [1.29, 1.82) is 0 Å². The zero-order valence-corrected chi connectivity index (χ0v) is 19.3. The van der Waals surface area contributed by atoms with Crippen molar-refractivity contribution in [3.8, 4) is 17.2 Å². The summed E-state index contributed by atoms with van der Waals surface area (Å²) in [6, 6.07) is 7.26. The number of aryl methyl sites for hydroxylation is 1. The van der Waals surface area contributed by atoms with Crippen LogP contribution in [-0.2, 0) is 23.0 Å². The van der Waals surface area contributed by atoms with Gasteiger partial charge in [-0.2, -0.15) is 0 Å². The molecule has 0 N–H and O–H groups in total. The third-order valence-corrected chi connectivity index (χ3v) is 5.84. The number of hydrogen-bond acceptors (Lipinski definition) is 6. The van der Waals surface area contributed by atoms with E-state index in [4.69, 9.17) is 18.9 Å². The lowest BCUT2D eigenvalue weighted by molar-refractivity contribution is -0.143. The first-order valence-corrected chi connectivity index (χ1v) is 10.8. The molecule has 32 heavy (non-hydrogen) atoms. The van der Waals surface area contributed by atoms with Crippen molar-refractivity contribution in [2.75, 3.05) is 34.5 Å². The zero-order valence-electron chi connectivity index (χ0n) is 19.3. The average Bonchev–Trinajstić information content (AvgIpc) is 3.24. The van der Waals surface area contributed by atoms with Crippen LogP contribution < -0.4 is 14.2 Å². The maximum Gasteiger partial charge on any atom is 0.310 e. The molecule has 0 spiro atoms. The molecule has 1 aromatic heterocycles. The highest BCUT2D eigenvalue weighted by atomic mass is 16.5. The van der Waals surface area contributed by atoms with Crippen LogP contribution in [0.4, 0.5) is 0 Å². The number of ether oxygens (including phenoxy) is 4. The number of amides is 1. The lowest BCUT2D eigenvalue weighted by Crippen LogP contribution is -2.44. The molecule has 2 heterocycles. The van der Waals surface area contributed by atoms with Gasteiger partial charge in [0.05, 0.1) is 34.4 Å². The van der Waals surface area contributed by atoms with Gasteiger partial charge in [0.2, 0.25) is 5.75 Å². The van der Waals surface area contributed by atoms with Crippen molar-refractivity contribution < 1.29 is 28.5 Å². The first-order valence-electron chi connectivity index (χ1n) is 10.8. The molecule has 1 unspecified atom stereocenters. The number of piperidine rings is 1. The number of likely N-dealkylation sites (tertiary alicyclic amines) is 1. The minimum Gasteiger partial charge on any atom is -0.493 e. The number of carbonyl (C=O) groups excluding carboxylic acids is 2. The number of esters is 1. The third kappa shape index (κ3) is 5.36. The highest BCUT2D eigenvalue weighted by molar-refractivity contribution is 5.93. The molecule has 1 amide bonds. The third-order valence-electron chi connectivity index (χ3n) is 5.84. The van der Waals surface area contributed by atoms with Crippen LogP contribution in [0, 0.1) is 0 Å². The van der Waals surface area contributed by atoms with Gasteiger partial charge in [0.1, 0.15) is 5.69 Å². The predicted octanol–water partition coefficient (Wildman–Crippen LogP) is 3.22. The Balaban J connectivity index is 1.57. The summed E-state index contributed by atoms with van der Waals surface area (Å²) < 4.78 is 23.3. The van der Waals surface area contributed by atoms with Crippen molar-refractivity contribution >= 4 is 11.9 Å². The van der Waals surface area contributed by atoms with E-state index in [1.54, 1.807) is 12.1 Å². The number of hydrogen-bond donors (Lipinski definition) is 0. The number of carbonyl (C=O) groups is 2. The van der Waals surface area contributed by atoms with E-state index in [0.717, 1.165) is 25.8 Å². The Bertz CT molecular complexity index is 913. The highest BCUT2D eigenvalue weighted by Gasteiger charge is 2.28. The minimum atomic E-state index is -0.338. The van der Waals surface area contributed by atoms with Gasteiger partial charge >= 0.3 is 5.97 Å². The molecule has 0 aliphatic carbocycles.